The minimum atomic E-state index is -8.65. The van der Waals surface area contributed by atoms with Crippen LogP contribution in [-0.4, -0.2) is 54.9 Å². The number of hydrogen-bond acceptors (Lipinski definition) is 1. The van der Waals surface area contributed by atoms with E-state index in [2.05, 4.69) is 4.98 Å². The Bertz CT molecular complexity index is 856. The van der Waals surface area contributed by atoms with E-state index in [0.29, 0.717) is 6.20 Å². The Morgan fingerprint density at radius 3 is 1.24 bits per heavy atom. The molecule has 1 rings (SSSR count). The standard InChI is InChI=1S/C13H5F18IN2/c14-5(15,3-6(16,17)34-2-1-33-4-34)7(18,19)8(20,21)9(22,23)10(24,25)11(26,27)12(28,29)13(30,31)32/h1-2,4H,3H2. The molecular formula is C13H5F18IN2. The zero-order valence-corrected chi connectivity index (χ0v) is 17.2. The van der Waals surface area contributed by atoms with Gasteiger partial charge in [0.25, 0.3) is 0 Å². The highest BCUT2D eigenvalue weighted by atomic mass is 127. The number of imidazole rings is 1. The third kappa shape index (κ3) is 4.15. The zero-order valence-electron chi connectivity index (χ0n) is 15.0. The highest BCUT2D eigenvalue weighted by Gasteiger charge is 2.94. The van der Waals surface area contributed by atoms with Gasteiger partial charge in [-0.25, -0.2) is 4.98 Å². The Morgan fingerprint density at radius 2 is 0.912 bits per heavy atom. The molecule has 200 valence electrons. The van der Waals surface area contributed by atoms with Crippen LogP contribution in [0.25, 0.3) is 0 Å². The number of rotatable bonds is 10. The second kappa shape index (κ2) is 8.10. The predicted molar refractivity (Wildman–Crippen MR) is 80.6 cm³/mol. The fourth-order valence-electron chi connectivity index (χ4n) is 2.12. The summed E-state index contributed by atoms with van der Waals surface area (Å²) in [7, 11) is 0. The molecule has 0 aromatic carbocycles. The maximum absolute atomic E-state index is 13.6. The van der Waals surface area contributed by atoms with Crippen LogP contribution in [0.2, 0.25) is 0 Å². The topological polar surface area (TPSA) is 17.8 Å². The fraction of sp³-hybridized carbons (Fsp3) is 0.769. The average Bonchev–Trinajstić information content (AvgIpc) is 3.14. The van der Waals surface area contributed by atoms with Gasteiger partial charge in [0.2, 0.25) is 0 Å². The summed E-state index contributed by atoms with van der Waals surface area (Å²) in [6.45, 7) is 0. The van der Waals surface area contributed by atoms with Gasteiger partial charge in [-0.15, -0.1) is 0 Å². The molecule has 0 bridgehead atoms. The number of nitrogens with zero attached hydrogens (tertiary/aromatic N) is 2. The predicted octanol–water partition coefficient (Wildman–Crippen LogP) is 7.30. The lowest BCUT2D eigenvalue weighted by molar-refractivity contribution is -0.450. The summed E-state index contributed by atoms with van der Waals surface area (Å²) < 4.78 is 234. The molecule has 0 atom stereocenters. The number of hydrogen-bond donors (Lipinski definition) is 0. The van der Waals surface area contributed by atoms with E-state index in [1.807, 2.05) is 0 Å². The Morgan fingerprint density at radius 1 is 0.559 bits per heavy atom. The molecule has 0 amide bonds. The molecule has 0 spiro atoms. The lowest BCUT2D eigenvalue weighted by Gasteiger charge is -2.43. The van der Waals surface area contributed by atoms with E-state index < -0.39 is 85.0 Å². The number of aromatic nitrogens is 2. The van der Waals surface area contributed by atoms with E-state index in [1.165, 1.54) is 0 Å². The molecule has 34 heavy (non-hydrogen) atoms. The molecule has 0 aliphatic carbocycles. The van der Waals surface area contributed by atoms with Gasteiger partial charge in [-0.1, -0.05) is 0 Å². The van der Waals surface area contributed by atoms with E-state index in [9.17, 15) is 79.0 Å². The van der Waals surface area contributed by atoms with E-state index in [-0.39, 0.29) is 12.5 Å². The van der Waals surface area contributed by atoms with Gasteiger partial charge < -0.3 is 0 Å². The maximum Gasteiger partial charge on any atom is 0.387 e. The summed E-state index contributed by atoms with van der Waals surface area (Å²) in [5, 5.41) is 0. The molecule has 0 fully saturated rings. The van der Waals surface area contributed by atoms with Crippen LogP contribution in [0.5, 0.6) is 0 Å². The molecule has 0 N–H and O–H groups in total. The van der Waals surface area contributed by atoms with Crippen molar-refractivity contribution in [1.29, 1.82) is 0 Å². The summed E-state index contributed by atoms with van der Waals surface area (Å²) >= 11 is -1.01. The van der Waals surface area contributed by atoms with Gasteiger partial charge in [-0.3, -0.25) is 4.57 Å². The quantitative estimate of drug-likeness (QED) is 0.147. The van der Waals surface area contributed by atoms with Crippen LogP contribution in [0.15, 0.2) is 18.7 Å². The van der Waals surface area contributed by atoms with Crippen LogP contribution in [0.3, 0.4) is 0 Å². The van der Waals surface area contributed by atoms with Gasteiger partial charge in [0.15, 0.2) is 0 Å². The molecule has 0 aliphatic heterocycles. The van der Waals surface area contributed by atoms with Crippen LogP contribution >= 0.6 is 22.6 Å². The largest absolute Gasteiger partial charge is 0.387 e. The monoisotopic (exact) mass is 658 g/mol. The van der Waals surface area contributed by atoms with Crippen molar-refractivity contribution in [2.75, 3.05) is 0 Å². The van der Waals surface area contributed by atoms with Crippen molar-refractivity contribution >= 4 is 22.6 Å². The molecule has 1 heterocycles. The normalized spacial score (nSPS) is 16.2. The summed E-state index contributed by atoms with van der Waals surface area (Å²) in [4.78, 5) is 2.84. The third-order valence-corrected chi connectivity index (χ3v) is 4.78. The van der Waals surface area contributed by atoms with Crippen LogP contribution in [0, 0.1) is 0 Å². The summed E-state index contributed by atoms with van der Waals surface area (Å²) in [6.07, 6.45) is -3.44. The zero-order chi connectivity index (χ0) is 27.6. The molecule has 0 unspecified atom stereocenters. The van der Waals surface area contributed by atoms with Crippen LogP contribution < -0.4 is 0 Å². The van der Waals surface area contributed by atoms with Crippen molar-refractivity contribution in [3.63, 3.8) is 0 Å². The van der Waals surface area contributed by atoms with Gasteiger partial charge in [0, 0.05) is 35.0 Å². The molecule has 21 heteroatoms. The van der Waals surface area contributed by atoms with Gasteiger partial charge in [0.1, 0.15) is 6.42 Å². The van der Waals surface area contributed by atoms with E-state index in [0.717, 1.165) is 0 Å². The van der Waals surface area contributed by atoms with Crippen molar-refractivity contribution in [1.82, 2.24) is 9.55 Å². The minimum Gasteiger partial charge on any atom is -0.277 e. The first-order valence-electron chi connectivity index (χ1n) is 7.64. The Kier molecular flexibility index (Phi) is 7.31. The van der Waals surface area contributed by atoms with E-state index in [4.69, 9.17) is 0 Å². The van der Waals surface area contributed by atoms with Crippen molar-refractivity contribution in [3.8, 4) is 0 Å². The first kappa shape index (κ1) is 30.7. The van der Waals surface area contributed by atoms with Gasteiger partial charge in [0.05, 0.1) is 6.33 Å². The summed E-state index contributed by atoms with van der Waals surface area (Å²) in [5.41, 5.74) is 0. The third-order valence-electron chi connectivity index (χ3n) is 4.10. The van der Waals surface area contributed by atoms with E-state index in [1.54, 1.807) is 0 Å². The summed E-state index contributed by atoms with van der Waals surface area (Å²) in [6, 6.07) is -5.36. The average molecular weight is 658 g/mol. The molecule has 0 radical (unpaired) electrons. The highest BCUT2D eigenvalue weighted by Crippen LogP contribution is 2.65. The van der Waals surface area contributed by atoms with Gasteiger partial charge >= 0.3 is 51.4 Å². The van der Waals surface area contributed by atoms with Crippen LogP contribution in [0.4, 0.5) is 79.0 Å². The Hall–Kier alpha value is -1.32. The van der Waals surface area contributed by atoms with E-state index >= 15 is 0 Å². The maximum atomic E-state index is 13.6. The second-order valence-electron chi connectivity index (χ2n) is 6.46. The van der Waals surface area contributed by atoms with Crippen molar-refractivity contribution in [2.45, 2.75) is 57.9 Å². The first-order chi connectivity index (χ1) is 14.6. The number of alkyl halides is 19. The van der Waals surface area contributed by atoms with Crippen molar-refractivity contribution in [3.05, 3.63) is 18.7 Å². The molecule has 1 aromatic heterocycles. The first-order valence-corrected chi connectivity index (χ1v) is 8.72. The number of halogens is 19. The lowest BCUT2D eigenvalue weighted by atomic mass is 9.88. The van der Waals surface area contributed by atoms with Crippen molar-refractivity contribution < 1.29 is 79.0 Å². The molecular weight excluding hydrogens is 653 g/mol. The SMILES string of the molecule is FC(F)(CC(F)(F)C(F)(F)C(F)(F)C(F)(F)C(F)(F)C(F)(F)C(F)(F)C(F)(F)I)n1ccnc1. The Labute approximate surface area is 188 Å². The van der Waals surface area contributed by atoms with Gasteiger partial charge in [-0.05, 0) is 0 Å². The minimum absolute atomic E-state index is 0.0675. The molecule has 0 aliphatic rings. The smallest absolute Gasteiger partial charge is 0.277 e. The van der Waals surface area contributed by atoms with Crippen molar-refractivity contribution in [2.24, 2.45) is 0 Å². The molecule has 0 saturated heterocycles. The lowest BCUT2D eigenvalue weighted by Crippen LogP contribution is -2.74. The molecule has 1 aromatic rings. The van der Waals surface area contributed by atoms with Crippen LogP contribution in [0.1, 0.15) is 6.42 Å². The summed E-state index contributed by atoms with van der Waals surface area (Å²) in [5.74, 6) is -56.8. The van der Waals surface area contributed by atoms with Gasteiger partial charge in [-0.2, -0.15) is 79.0 Å². The molecule has 2 nitrogen and oxygen atoms in total. The fourth-order valence-corrected chi connectivity index (χ4v) is 2.46. The highest BCUT2D eigenvalue weighted by molar-refractivity contribution is 14.1. The second-order valence-corrected chi connectivity index (χ2v) is 7.82. The van der Waals surface area contributed by atoms with Crippen LogP contribution in [-0.2, 0) is 6.05 Å². The molecule has 0 saturated carbocycles. The Balaban J connectivity index is 3.59.